The van der Waals surface area contributed by atoms with Crippen LogP contribution in [0.1, 0.15) is 69.9 Å². The van der Waals surface area contributed by atoms with Crippen LogP contribution in [0.25, 0.3) is 23.0 Å². The van der Waals surface area contributed by atoms with Crippen LogP contribution in [-0.2, 0) is 4.79 Å². The quantitative estimate of drug-likeness (QED) is 0.123. The van der Waals surface area contributed by atoms with Gasteiger partial charge in [0.2, 0.25) is 0 Å². The molecule has 2 aromatic carbocycles. The van der Waals surface area contributed by atoms with Gasteiger partial charge in [-0.15, -0.1) is 0 Å². The third-order valence-corrected chi connectivity index (χ3v) is 8.01. The van der Waals surface area contributed by atoms with Gasteiger partial charge in [0, 0.05) is 23.9 Å². The van der Waals surface area contributed by atoms with Crippen LogP contribution in [-0.4, -0.2) is 38.1 Å². The Hall–Kier alpha value is -2.90. The number of aryl methyl sites for hydroxylation is 1. The fraction of sp³-hybridized carbons (Fsp3) is 0.387. The van der Waals surface area contributed by atoms with E-state index >= 15 is 0 Å². The number of thioether (sulfide) groups is 1. The average Bonchev–Trinajstić information content (AvgIpc) is 3.45. The van der Waals surface area contributed by atoms with Crippen LogP contribution in [0.5, 0.6) is 5.75 Å². The minimum atomic E-state index is -0.00898. The van der Waals surface area contributed by atoms with Gasteiger partial charge in [0.05, 0.1) is 17.2 Å². The van der Waals surface area contributed by atoms with Crippen molar-refractivity contribution in [3.05, 3.63) is 70.8 Å². The molecule has 0 N–H and O–H groups in total. The van der Waals surface area contributed by atoms with E-state index in [0.29, 0.717) is 22.4 Å². The van der Waals surface area contributed by atoms with Gasteiger partial charge in [-0.3, -0.25) is 9.69 Å². The zero-order chi connectivity index (χ0) is 26.9. The number of aromatic nitrogens is 2. The first-order valence-electron chi connectivity index (χ1n) is 13.7. The zero-order valence-corrected chi connectivity index (χ0v) is 24.2. The van der Waals surface area contributed by atoms with Crippen LogP contribution in [0, 0.1) is 6.92 Å². The first kappa shape index (κ1) is 28.1. The van der Waals surface area contributed by atoms with Gasteiger partial charge in [-0.25, -0.2) is 4.68 Å². The van der Waals surface area contributed by atoms with Crippen molar-refractivity contribution in [3.8, 4) is 22.7 Å². The number of rotatable bonds is 13. The molecular weight excluding hydrogens is 510 g/mol. The van der Waals surface area contributed by atoms with Crippen molar-refractivity contribution in [1.29, 1.82) is 0 Å². The Bertz CT molecular complexity index is 1280. The summed E-state index contributed by atoms with van der Waals surface area (Å²) in [4.78, 5) is 15.7. The number of ether oxygens (including phenoxy) is 1. The third kappa shape index (κ3) is 6.94. The summed E-state index contributed by atoms with van der Waals surface area (Å²) >= 11 is 6.97. The molecule has 1 aliphatic heterocycles. The highest BCUT2D eigenvalue weighted by atomic mass is 32.2. The molecule has 1 aromatic heterocycles. The number of unbranched alkanes of at least 4 members (excludes halogenated alkanes) is 5. The molecule has 0 bridgehead atoms. The number of benzene rings is 2. The van der Waals surface area contributed by atoms with E-state index in [1.807, 2.05) is 53.4 Å². The Morgan fingerprint density at radius 1 is 1.00 bits per heavy atom. The smallest absolute Gasteiger partial charge is 0.266 e. The van der Waals surface area contributed by atoms with Crippen molar-refractivity contribution < 1.29 is 9.53 Å². The molecule has 0 unspecified atom stereocenters. The average molecular weight is 548 g/mol. The van der Waals surface area contributed by atoms with Crippen LogP contribution in [0.4, 0.5) is 0 Å². The van der Waals surface area contributed by atoms with Gasteiger partial charge in [0.25, 0.3) is 5.91 Å². The fourth-order valence-corrected chi connectivity index (χ4v) is 5.75. The van der Waals surface area contributed by atoms with E-state index in [2.05, 4.69) is 32.9 Å². The van der Waals surface area contributed by atoms with Gasteiger partial charge in [0.1, 0.15) is 15.8 Å². The number of nitrogens with zero attached hydrogens (tertiary/aromatic N) is 3. The largest absolute Gasteiger partial charge is 0.494 e. The lowest BCUT2D eigenvalue weighted by atomic mass is 10.0. The molecule has 2 heterocycles. The number of thiocarbonyl (C=S) groups is 1. The number of hydrogen-bond acceptors (Lipinski definition) is 5. The summed E-state index contributed by atoms with van der Waals surface area (Å²) in [5.74, 6) is 0.855. The summed E-state index contributed by atoms with van der Waals surface area (Å²) < 4.78 is 8.43. The van der Waals surface area contributed by atoms with Crippen LogP contribution in [0.3, 0.4) is 0 Å². The minimum Gasteiger partial charge on any atom is -0.494 e. The van der Waals surface area contributed by atoms with Crippen LogP contribution in [0.15, 0.2) is 59.6 Å². The van der Waals surface area contributed by atoms with Gasteiger partial charge in [-0.1, -0.05) is 88.1 Å². The summed E-state index contributed by atoms with van der Waals surface area (Å²) in [7, 11) is 0. The maximum absolute atomic E-state index is 13.3. The molecule has 1 fully saturated rings. The summed E-state index contributed by atoms with van der Waals surface area (Å²) in [6.07, 6.45) is 11.8. The van der Waals surface area contributed by atoms with Gasteiger partial charge in [-0.05, 0) is 61.7 Å². The van der Waals surface area contributed by atoms with Gasteiger partial charge >= 0.3 is 0 Å². The lowest BCUT2D eigenvalue weighted by Gasteiger charge is -2.13. The molecule has 7 heteroatoms. The Morgan fingerprint density at radius 2 is 1.76 bits per heavy atom. The van der Waals surface area contributed by atoms with Crippen molar-refractivity contribution in [2.45, 2.75) is 65.7 Å². The first-order chi connectivity index (χ1) is 18.5. The van der Waals surface area contributed by atoms with Crippen LogP contribution in [0.2, 0.25) is 0 Å². The number of amides is 1. The van der Waals surface area contributed by atoms with E-state index in [0.717, 1.165) is 59.5 Å². The van der Waals surface area contributed by atoms with Crippen LogP contribution >= 0.6 is 24.0 Å². The molecule has 0 radical (unpaired) electrons. The summed E-state index contributed by atoms with van der Waals surface area (Å²) in [5.41, 5.74) is 4.77. The summed E-state index contributed by atoms with van der Waals surface area (Å²) in [6, 6.07) is 16.2. The van der Waals surface area contributed by atoms with Crippen molar-refractivity contribution in [2.24, 2.45) is 0 Å². The Morgan fingerprint density at radius 3 is 2.50 bits per heavy atom. The van der Waals surface area contributed by atoms with Gasteiger partial charge in [-0.2, -0.15) is 5.10 Å². The molecule has 0 spiro atoms. The normalized spacial score (nSPS) is 14.6. The molecule has 1 saturated heterocycles. The predicted molar refractivity (Wildman–Crippen MR) is 163 cm³/mol. The standard InChI is InChI=1S/C31H37N3O2S2/c1-4-6-8-9-13-18-33-30(35)28(38-31(33)37)21-24-22-34(25-14-11-10-12-15-25)32-29(24)27-17-16-26(20-23(27)3)36-19-7-5-2/h10-12,14-17,20-22H,4-9,13,18-19H2,1-3H3. The summed E-state index contributed by atoms with van der Waals surface area (Å²) in [6.45, 7) is 7.83. The molecule has 4 rings (SSSR count). The Labute approximate surface area is 236 Å². The van der Waals surface area contributed by atoms with Crippen molar-refractivity contribution in [3.63, 3.8) is 0 Å². The van der Waals surface area contributed by atoms with E-state index in [1.165, 1.54) is 31.0 Å². The summed E-state index contributed by atoms with van der Waals surface area (Å²) in [5, 5.41) is 4.96. The molecule has 38 heavy (non-hydrogen) atoms. The second-order valence-electron chi connectivity index (χ2n) is 9.64. The van der Waals surface area contributed by atoms with Gasteiger partial charge in [0.15, 0.2) is 0 Å². The molecule has 0 aliphatic carbocycles. The Kier molecular flexibility index (Phi) is 10.2. The van der Waals surface area contributed by atoms with Crippen molar-refractivity contribution in [1.82, 2.24) is 14.7 Å². The molecule has 1 amide bonds. The highest BCUT2D eigenvalue weighted by molar-refractivity contribution is 8.26. The minimum absolute atomic E-state index is 0.00898. The first-order valence-corrected chi connectivity index (χ1v) is 14.9. The monoisotopic (exact) mass is 547 g/mol. The van der Waals surface area contributed by atoms with E-state index < -0.39 is 0 Å². The number of carbonyl (C=O) groups excluding carboxylic acids is 1. The molecule has 0 atom stereocenters. The predicted octanol–water partition coefficient (Wildman–Crippen LogP) is 8.20. The maximum atomic E-state index is 13.3. The lowest BCUT2D eigenvalue weighted by molar-refractivity contribution is -0.122. The second kappa shape index (κ2) is 13.8. The molecule has 200 valence electrons. The van der Waals surface area contributed by atoms with E-state index in [1.54, 1.807) is 4.90 Å². The van der Waals surface area contributed by atoms with Crippen LogP contribution < -0.4 is 4.74 Å². The van der Waals surface area contributed by atoms with Gasteiger partial charge < -0.3 is 4.74 Å². The lowest BCUT2D eigenvalue weighted by Crippen LogP contribution is -2.29. The maximum Gasteiger partial charge on any atom is 0.266 e. The zero-order valence-electron chi connectivity index (χ0n) is 22.6. The Balaban J connectivity index is 1.63. The van der Waals surface area contributed by atoms with E-state index in [4.69, 9.17) is 22.1 Å². The van der Waals surface area contributed by atoms with E-state index in [9.17, 15) is 4.79 Å². The molecular formula is C31H37N3O2S2. The molecule has 5 nitrogen and oxygen atoms in total. The molecule has 0 saturated carbocycles. The fourth-order valence-electron chi connectivity index (χ4n) is 4.45. The molecule has 1 aliphatic rings. The van der Waals surface area contributed by atoms with E-state index in [-0.39, 0.29) is 5.91 Å². The highest BCUT2D eigenvalue weighted by Gasteiger charge is 2.32. The SMILES string of the molecule is CCCCCCCN1C(=O)C(=Cc2cn(-c3ccccc3)nc2-c2ccc(OCCCC)cc2C)SC1=S. The topological polar surface area (TPSA) is 47.4 Å². The number of hydrogen-bond donors (Lipinski definition) is 0. The second-order valence-corrected chi connectivity index (χ2v) is 11.3. The highest BCUT2D eigenvalue weighted by Crippen LogP contribution is 2.36. The number of para-hydroxylation sites is 1. The molecule has 3 aromatic rings. The van der Waals surface area contributed by atoms with Crippen molar-refractivity contribution >= 4 is 40.3 Å². The van der Waals surface area contributed by atoms with Crippen molar-refractivity contribution in [2.75, 3.05) is 13.2 Å². The third-order valence-electron chi connectivity index (χ3n) is 6.63. The number of carbonyl (C=O) groups is 1.